The van der Waals surface area contributed by atoms with E-state index in [0.29, 0.717) is 25.3 Å². The van der Waals surface area contributed by atoms with Crippen molar-refractivity contribution in [3.63, 3.8) is 0 Å². The van der Waals surface area contributed by atoms with E-state index in [0.717, 1.165) is 55.4 Å². The van der Waals surface area contributed by atoms with Gasteiger partial charge in [-0.3, -0.25) is 9.69 Å². The second-order valence-electron chi connectivity index (χ2n) is 7.10. The van der Waals surface area contributed by atoms with Crippen molar-refractivity contribution < 1.29 is 18.7 Å². The van der Waals surface area contributed by atoms with Gasteiger partial charge < -0.3 is 19.2 Å². The summed E-state index contributed by atoms with van der Waals surface area (Å²) in [6.07, 6.45) is 1.95. The number of nitrogens with one attached hydrogen (secondary N) is 1. The molecule has 0 bridgehead atoms. The highest BCUT2D eigenvalue weighted by Gasteiger charge is 2.26. The van der Waals surface area contributed by atoms with E-state index in [4.69, 9.17) is 13.9 Å². The van der Waals surface area contributed by atoms with Crippen LogP contribution in [0.5, 0.6) is 5.75 Å². The van der Waals surface area contributed by atoms with Gasteiger partial charge in [0.25, 0.3) is 5.91 Å². The quantitative estimate of drug-likeness (QED) is 0.877. The molecule has 6 heteroatoms. The molecule has 27 heavy (non-hydrogen) atoms. The van der Waals surface area contributed by atoms with Crippen molar-refractivity contribution in [3.05, 3.63) is 53.0 Å². The largest absolute Gasteiger partial charge is 0.493 e. The van der Waals surface area contributed by atoms with E-state index in [2.05, 4.69) is 10.2 Å². The highest BCUT2D eigenvalue weighted by molar-refractivity contribution is 5.94. The zero-order valence-corrected chi connectivity index (χ0v) is 15.7. The number of amides is 1. The van der Waals surface area contributed by atoms with Crippen LogP contribution < -0.4 is 10.1 Å². The summed E-state index contributed by atoms with van der Waals surface area (Å²) in [4.78, 5) is 15.0. The Morgan fingerprint density at radius 2 is 2.04 bits per heavy atom. The van der Waals surface area contributed by atoms with Gasteiger partial charge in [0.05, 0.1) is 25.9 Å². The van der Waals surface area contributed by atoms with E-state index >= 15 is 0 Å². The molecule has 1 atom stereocenters. The normalized spacial score (nSPS) is 18.4. The average molecular weight is 370 g/mol. The summed E-state index contributed by atoms with van der Waals surface area (Å²) >= 11 is 0. The molecule has 0 unspecified atom stereocenters. The molecule has 0 saturated carbocycles. The summed E-state index contributed by atoms with van der Waals surface area (Å²) in [5.41, 5.74) is 1.79. The van der Waals surface area contributed by atoms with E-state index in [-0.39, 0.29) is 11.9 Å². The first kappa shape index (κ1) is 18.1. The van der Waals surface area contributed by atoms with E-state index in [1.54, 1.807) is 0 Å². The Labute approximate surface area is 159 Å². The van der Waals surface area contributed by atoms with Gasteiger partial charge in [-0.1, -0.05) is 0 Å². The van der Waals surface area contributed by atoms with E-state index in [9.17, 15) is 4.79 Å². The summed E-state index contributed by atoms with van der Waals surface area (Å²) in [6.45, 7) is 6.26. The molecule has 1 aromatic carbocycles. The van der Waals surface area contributed by atoms with Crippen LogP contribution in [0, 0.1) is 6.92 Å². The first-order valence-corrected chi connectivity index (χ1v) is 9.63. The van der Waals surface area contributed by atoms with Crippen LogP contribution >= 0.6 is 0 Å². The molecule has 1 amide bonds. The van der Waals surface area contributed by atoms with Crippen LogP contribution in [-0.4, -0.2) is 50.3 Å². The van der Waals surface area contributed by atoms with Crippen molar-refractivity contribution in [3.8, 4) is 5.75 Å². The van der Waals surface area contributed by atoms with Gasteiger partial charge in [-0.05, 0) is 55.7 Å². The molecule has 1 N–H and O–H groups in total. The number of fused-ring (bicyclic) bond motifs is 1. The maximum atomic E-state index is 12.7. The molecular weight excluding hydrogens is 344 g/mol. The monoisotopic (exact) mass is 370 g/mol. The van der Waals surface area contributed by atoms with Crippen LogP contribution in [0.15, 0.2) is 34.7 Å². The second kappa shape index (κ2) is 8.15. The predicted molar refractivity (Wildman–Crippen MR) is 101 cm³/mol. The molecule has 3 heterocycles. The number of aryl methyl sites for hydroxylation is 2. The molecule has 1 fully saturated rings. The minimum Gasteiger partial charge on any atom is -0.493 e. The fraction of sp³-hybridized carbons (Fsp3) is 0.476. The zero-order chi connectivity index (χ0) is 18.6. The van der Waals surface area contributed by atoms with Gasteiger partial charge in [-0.25, -0.2) is 0 Å². The highest BCUT2D eigenvalue weighted by Crippen LogP contribution is 2.26. The first-order valence-electron chi connectivity index (χ1n) is 9.63. The average Bonchev–Trinajstić information content (AvgIpc) is 3.14. The zero-order valence-electron chi connectivity index (χ0n) is 15.7. The maximum absolute atomic E-state index is 12.7. The van der Waals surface area contributed by atoms with Crippen LogP contribution in [-0.2, 0) is 11.2 Å². The summed E-state index contributed by atoms with van der Waals surface area (Å²) in [6, 6.07) is 9.66. The lowest BCUT2D eigenvalue weighted by atomic mass is 10.0. The summed E-state index contributed by atoms with van der Waals surface area (Å²) in [7, 11) is 0. The Balaban J connectivity index is 1.46. The number of hydrogen-bond acceptors (Lipinski definition) is 5. The summed E-state index contributed by atoms with van der Waals surface area (Å²) in [5.74, 6) is 2.60. The van der Waals surface area contributed by atoms with Gasteiger partial charge in [0.15, 0.2) is 0 Å². The lowest BCUT2D eigenvalue weighted by Gasteiger charge is -2.33. The fourth-order valence-corrected chi connectivity index (χ4v) is 3.72. The van der Waals surface area contributed by atoms with Crippen molar-refractivity contribution in [2.24, 2.45) is 0 Å². The van der Waals surface area contributed by atoms with Crippen LogP contribution in [0.1, 0.15) is 39.9 Å². The van der Waals surface area contributed by atoms with Crippen LogP contribution in [0.25, 0.3) is 0 Å². The van der Waals surface area contributed by atoms with Gasteiger partial charge in [0.2, 0.25) is 0 Å². The van der Waals surface area contributed by atoms with Crippen LogP contribution in [0.4, 0.5) is 0 Å². The Kier molecular flexibility index (Phi) is 5.45. The minimum atomic E-state index is -0.0649. The molecule has 2 aliphatic heterocycles. The number of carbonyl (C=O) groups excluding carboxylic acids is 1. The van der Waals surface area contributed by atoms with Crippen molar-refractivity contribution in [1.82, 2.24) is 10.2 Å². The van der Waals surface area contributed by atoms with E-state index in [1.807, 2.05) is 37.3 Å². The summed E-state index contributed by atoms with van der Waals surface area (Å²) in [5, 5.41) is 3.09. The molecule has 0 radical (unpaired) electrons. The third-order valence-electron chi connectivity index (χ3n) is 5.20. The summed E-state index contributed by atoms with van der Waals surface area (Å²) < 4.78 is 17.0. The van der Waals surface area contributed by atoms with Crippen LogP contribution in [0.3, 0.4) is 0 Å². The molecule has 6 nitrogen and oxygen atoms in total. The van der Waals surface area contributed by atoms with Gasteiger partial charge >= 0.3 is 0 Å². The lowest BCUT2D eigenvalue weighted by Crippen LogP contribution is -2.43. The third kappa shape index (κ3) is 4.17. The van der Waals surface area contributed by atoms with Gasteiger partial charge in [0.1, 0.15) is 17.3 Å². The van der Waals surface area contributed by atoms with Crippen molar-refractivity contribution in [2.45, 2.75) is 25.8 Å². The standard InChI is InChI=1S/C21H26N2O4/c1-15-4-6-20(27-15)18(23-8-11-25-12-9-23)14-22-21(24)17-5-7-19-16(13-17)3-2-10-26-19/h4-7,13,18H,2-3,8-12,14H2,1H3,(H,22,24)/t18-/m1/s1. The number of morpholine rings is 1. The number of nitrogens with zero attached hydrogens (tertiary/aromatic N) is 1. The Hall–Kier alpha value is -2.31. The van der Waals surface area contributed by atoms with Gasteiger partial charge in [-0.15, -0.1) is 0 Å². The Morgan fingerprint density at radius 1 is 1.19 bits per heavy atom. The number of benzene rings is 1. The molecule has 0 spiro atoms. The van der Waals surface area contributed by atoms with E-state index < -0.39 is 0 Å². The predicted octanol–water partition coefficient (Wildman–Crippen LogP) is 2.72. The topological polar surface area (TPSA) is 63.9 Å². The van der Waals surface area contributed by atoms with Crippen molar-refractivity contribution in [2.75, 3.05) is 39.5 Å². The van der Waals surface area contributed by atoms with Crippen molar-refractivity contribution in [1.29, 1.82) is 0 Å². The number of furan rings is 1. The molecule has 2 aliphatic rings. The van der Waals surface area contributed by atoms with E-state index in [1.165, 1.54) is 0 Å². The van der Waals surface area contributed by atoms with Gasteiger partial charge in [0, 0.05) is 25.2 Å². The first-order chi connectivity index (χ1) is 13.2. The molecule has 1 aromatic heterocycles. The molecular formula is C21H26N2O4. The minimum absolute atomic E-state index is 0.00695. The number of hydrogen-bond donors (Lipinski definition) is 1. The fourth-order valence-electron chi connectivity index (χ4n) is 3.72. The molecule has 2 aromatic rings. The van der Waals surface area contributed by atoms with Crippen molar-refractivity contribution >= 4 is 5.91 Å². The maximum Gasteiger partial charge on any atom is 0.251 e. The van der Waals surface area contributed by atoms with Gasteiger partial charge in [-0.2, -0.15) is 0 Å². The molecule has 0 aliphatic carbocycles. The van der Waals surface area contributed by atoms with Crippen LogP contribution in [0.2, 0.25) is 0 Å². The third-order valence-corrected chi connectivity index (χ3v) is 5.20. The number of ether oxygens (including phenoxy) is 2. The number of carbonyl (C=O) groups is 1. The molecule has 1 saturated heterocycles. The second-order valence-corrected chi connectivity index (χ2v) is 7.10. The number of rotatable bonds is 5. The lowest BCUT2D eigenvalue weighted by molar-refractivity contribution is 0.0117. The highest BCUT2D eigenvalue weighted by atomic mass is 16.5. The Bertz CT molecular complexity index is 795. The SMILES string of the molecule is Cc1ccc([C@@H](CNC(=O)c2ccc3c(c2)CCCO3)N2CCOCC2)o1. The Morgan fingerprint density at radius 3 is 2.81 bits per heavy atom. The molecule has 144 valence electrons. The molecule has 4 rings (SSSR count). The smallest absolute Gasteiger partial charge is 0.251 e.